The van der Waals surface area contributed by atoms with Gasteiger partial charge in [0.1, 0.15) is 0 Å². The lowest BCUT2D eigenvalue weighted by Gasteiger charge is -2.01. The third kappa shape index (κ3) is 2.20. The molecule has 1 aromatic carbocycles. The van der Waals surface area contributed by atoms with Crippen molar-refractivity contribution in [2.45, 2.75) is 0 Å². The van der Waals surface area contributed by atoms with Crippen LogP contribution in [0.15, 0.2) is 48.7 Å². The molecule has 0 bridgehead atoms. The second-order valence-electron chi connectivity index (χ2n) is 2.91. The molecule has 0 radical (unpaired) electrons. The summed E-state index contributed by atoms with van der Waals surface area (Å²) in [5.74, 6) is 0. The van der Waals surface area contributed by atoms with Crippen molar-refractivity contribution in [1.82, 2.24) is 4.98 Å². The van der Waals surface area contributed by atoms with E-state index in [0.29, 0.717) is 14.8 Å². The van der Waals surface area contributed by atoms with Crippen LogP contribution in [-0.4, -0.2) is 4.98 Å². The van der Waals surface area contributed by atoms with Gasteiger partial charge in [0, 0.05) is 11.8 Å². The summed E-state index contributed by atoms with van der Waals surface area (Å²) in [6, 6.07) is 12.4. The smallest absolute Gasteiger partial charge is 0.256 e. The highest BCUT2D eigenvalue weighted by Gasteiger charge is 2.08. The fourth-order valence-electron chi connectivity index (χ4n) is 1.33. The van der Waals surface area contributed by atoms with Gasteiger partial charge in [-0.05, 0) is 18.2 Å². The van der Waals surface area contributed by atoms with Gasteiger partial charge in [0.15, 0.2) is 0 Å². The summed E-state index contributed by atoms with van der Waals surface area (Å²) in [5.41, 5.74) is 1.38. The number of pyridine rings is 1. The Bertz CT molecular complexity index is 527. The zero-order valence-electron chi connectivity index (χ0n) is 7.76. The van der Waals surface area contributed by atoms with Crippen molar-refractivity contribution in [3.05, 3.63) is 52.2 Å². The minimum absolute atomic E-state index is 0.403. The van der Waals surface area contributed by atoms with E-state index in [0.717, 1.165) is 0 Å². The van der Waals surface area contributed by atoms with E-state index in [4.69, 9.17) is 0 Å². The highest BCUT2D eigenvalue weighted by atomic mass is 127. The first-order valence-electron chi connectivity index (χ1n) is 4.35. The third-order valence-corrected chi connectivity index (χ3v) is 3.87. The molecule has 0 fully saturated rings. The number of nitrogens with zero attached hydrogens (tertiary/aromatic N) is 1. The van der Waals surface area contributed by atoms with Crippen LogP contribution in [0.25, 0.3) is 11.3 Å². The van der Waals surface area contributed by atoms with Crippen LogP contribution < -0.4 is 0 Å². The van der Waals surface area contributed by atoms with Gasteiger partial charge in [-0.2, -0.15) is 0 Å². The first-order valence-corrected chi connectivity index (χ1v) is 7.19. The van der Waals surface area contributed by atoms with E-state index in [1.54, 1.807) is 36.5 Å². The Balaban J connectivity index is 2.63. The number of rotatable bonds is 2. The molecule has 0 amide bonds. The standard InChI is InChI=1S/C11H8INO2/c14-12(15)10-6-2-1-5-9(10)11-7-3-4-8-13-11/h1-8H. The summed E-state index contributed by atoms with van der Waals surface area (Å²) in [7, 11) is 0. The zero-order valence-corrected chi connectivity index (χ0v) is 9.92. The molecule has 0 aliphatic rings. The van der Waals surface area contributed by atoms with E-state index in [1.165, 1.54) is 0 Å². The van der Waals surface area contributed by atoms with Crippen molar-refractivity contribution in [2.24, 2.45) is 0 Å². The Morgan fingerprint density at radius 1 is 0.933 bits per heavy atom. The minimum Gasteiger partial charge on any atom is -0.256 e. The molecule has 0 saturated carbocycles. The second-order valence-corrected chi connectivity index (χ2v) is 5.31. The van der Waals surface area contributed by atoms with Crippen molar-refractivity contribution >= 4 is 19.8 Å². The molecule has 1 aromatic heterocycles. The molecule has 0 unspecified atom stereocenters. The van der Waals surface area contributed by atoms with Crippen LogP contribution in [0.4, 0.5) is 0 Å². The zero-order chi connectivity index (χ0) is 10.7. The van der Waals surface area contributed by atoms with E-state index in [-0.39, 0.29) is 0 Å². The number of halogens is 1. The van der Waals surface area contributed by atoms with E-state index in [2.05, 4.69) is 4.98 Å². The van der Waals surface area contributed by atoms with Gasteiger partial charge in [0.2, 0.25) is 0 Å². The van der Waals surface area contributed by atoms with Crippen molar-refractivity contribution < 1.29 is 6.14 Å². The Morgan fingerprint density at radius 2 is 1.67 bits per heavy atom. The molecular weight excluding hydrogens is 305 g/mol. The molecule has 76 valence electrons. The molecule has 2 aromatic rings. The first kappa shape index (κ1) is 10.2. The molecular formula is C11H8INO2. The van der Waals surface area contributed by atoms with Gasteiger partial charge < -0.3 is 0 Å². The van der Waals surface area contributed by atoms with Gasteiger partial charge in [-0.15, -0.1) is 0 Å². The molecule has 0 aliphatic carbocycles. The highest BCUT2D eigenvalue weighted by Crippen LogP contribution is 2.28. The quantitative estimate of drug-likeness (QED) is 0.800. The lowest BCUT2D eigenvalue weighted by Crippen LogP contribution is -1.85. The molecule has 0 N–H and O–H groups in total. The molecule has 3 nitrogen and oxygen atoms in total. The van der Waals surface area contributed by atoms with Gasteiger partial charge in [-0.3, -0.25) is 4.98 Å². The van der Waals surface area contributed by atoms with Gasteiger partial charge in [0.25, 0.3) is 0 Å². The molecule has 1 heterocycles. The van der Waals surface area contributed by atoms with E-state index in [1.807, 2.05) is 12.1 Å². The van der Waals surface area contributed by atoms with Gasteiger partial charge in [0.05, 0.1) is 9.26 Å². The Hall–Kier alpha value is -1.30. The third-order valence-electron chi connectivity index (χ3n) is 1.98. The topological polar surface area (TPSA) is 47.0 Å². The lowest BCUT2D eigenvalue weighted by atomic mass is 10.1. The number of benzene rings is 1. The molecule has 4 heteroatoms. The normalized spacial score (nSPS) is 10.5. The van der Waals surface area contributed by atoms with Crippen LogP contribution in [0.5, 0.6) is 0 Å². The maximum Gasteiger partial charge on any atom is 0.341 e. The fraction of sp³-hybridized carbons (Fsp3) is 0. The molecule has 2 rings (SSSR count). The maximum absolute atomic E-state index is 11.1. The van der Waals surface area contributed by atoms with Crippen molar-refractivity contribution in [3.63, 3.8) is 0 Å². The first-order chi connectivity index (χ1) is 7.29. The summed E-state index contributed by atoms with van der Waals surface area (Å²) in [6.07, 6.45) is 1.65. The number of hydrogen-bond acceptors (Lipinski definition) is 3. The highest BCUT2D eigenvalue weighted by molar-refractivity contribution is 14.2. The van der Waals surface area contributed by atoms with Crippen molar-refractivity contribution in [2.75, 3.05) is 0 Å². The minimum atomic E-state index is -3.45. The van der Waals surface area contributed by atoms with Crippen LogP contribution in [-0.2, 0) is 6.14 Å². The van der Waals surface area contributed by atoms with Crippen LogP contribution in [0, 0.1) is 3.57 Å². The summed E-state index contributed by atoms with van der Waals surface area (Å²) in [5, 5.41) is 0. The predicted molar refractivity (Wildman–Crippen MR) is 63.8 cm³/mol. The van der Waals surface area contributed by atoms with Crippen molar-refractivity contribution in [3.8, 4) is 11.3 Å². The maximum atomic E-state index is 11.1. The fourth-order valence-corrected chi connectivity index (χ4v) is 2.76. The van der Waals surface area contributed by atoms with Crippen LogP contribution in [0.1, 0.15) is 0 Å². The van der Waals surface area contributed by atoms with Gasteiger partial charge in [-0.1, -0.05) is 24.3 Å². The van der Waals surface area contributed by atoms with Crippen molar-refractivity contribution in [1.29, 1.82) is 0 Å². The van der Waals surface area contributed by atoms with Crippen LogP contribution in [0.2, 0.25) is 0 Å². The molecule has 0 spiro atoms. The SMILES string of the molecule is O=I(=O)c1ccccc1-c1ccccn1. The summed E-state index contributed by atoms with van der Waals surface area (Å²) >= 11 is -3.45. The number of hydrogen-bond donors (Lipinski definition) is 0. The second kappa shape index (κ2) is 4.48. The van der Waals surface area contributed by atoms with E-state index >= 15 is 0 Å². The molecule has 0 saturated heterocycles. The van der Waals surface area contributed by atoms with E-state index < -0.39 is 19.8 Å². The van der Waals surface area contributed by atoms with Crippen LogP contribution >= 0.6 is 19.8 Å². The lowest BCUT2D eigenvalue weighted by molar-refractivity contribution is 0.610. The summed E-state index contributed by atoms with van der Waals surface area (Å²) in [4.78, 5) is 4.14. The average Bonchev–Trinajstić information content (AvgIpc) is 2.30. The monoisotopic (exact) mass is 313 g/mol. The van der Waals surface area contributed by atoms with E-state index in [9.17, 15) is 6.14 Å². The predicted octanol–water partition coefficient (Wildman–Crippen LogP) is 3.12. The van der Waals surface area contributed by atoms with Gasteiger partial charge >= 0.3 is 19.8 Å². The Morgan fingerprint density at radius 3 is 2.33 bits per heavy atom. The van der Waals surface area contributed by atoms with Crippen LogP contribution in [0.3, 0.4) is 0 Å². The summed E-state index contributed by atoms with van der Waals surface area (Å²) in [6.45, 7) is 0. The molecule has 0 atom stereocenters. The Labute approximate surface area is 94.3 Å². The van der Waals surface area contributed by atoms with Gasteiger partial charge in [-0.25, -0.2) is 6.14 Å². The molecule has 0 aliphatic heterocycles. The Kier molecular flexibility index (Phi) is 3.05. The summed E-state index contributed by atoms with van der Waals surface area (Å²) < 4.78 is 22.6. The molecule has 15 heavy (non-hydrogen) atoms. The average molecular weight is 313 g/mol. The largest absolute Gasteiger partial charge is 0.341 e. The number of aromatic nitrogens is 1.